The fourth-order valence-corrected chi connectivity index (χ4v) is 4.92. The van der Waals surface area contributed by atoms with Crippen LogP contribution in [0, 0.1) is 11.8 Å². The molecule has 2 aromatic carbocycles. The summed E-state index contributed by atoms with van der Waals surface area (Å²) in [4.78, 5) is 22.7. The molecular weight excluding hydrogens is 478 g/mol. The molecule has 4 rings (SSSR count). The number of aromatic nitrogens is 1. The Morgan fingerprint density at radius 2 is 1.80 bits per heavy atom. The second-order valence-corrected chi connectivity index (χ2v) is 9.64. The molecule has 0 spiro atoms. The highest BCUT2D eigenvalue weighted by Crippen LogP contribution is 2.42. The fraction of sp³-hybridized carbons (Fsp3) is 0.208. The number of rotatable bonds is 7. The van der Waals surface area contributed by atoms with Gasteiger partial charge in [0.15, 0.2) is 11.5 Å². The summed E-state index contributed by atoms with van der Waals surface area (Å²) in [6.07, 6.45) is 1.60. The highest BCUT2D eigenvalue weighted by molar-refractivity contribution is 7.87. The second-order valence-electron chi connectivity index (χ2n) is 7.95. The molecule has 0 bridgehead atoms. The van der Waals surface area contributed by atoms with Crippen molar-refractivity contribution < 1.29 is 26.2 Å². The number of benzene rings is 2. The molecule has 182 valence electrons. The first-order chi connectivity index (χ1) is 16.6. The zero-order valence-electron chi connectivity index (χ0n) is 18.9. The topological polar surface area (TPSA) is 115 Å². The maximum atomic E-state index is 14.8. The number of aliphatic imine (C=N–C) groups is 1. The van der Waals surface area contributed by atoms with Gasteiger partial charge in [-0.25, -0.2) is 14.4 Å². The highest BCUT2D eigenvalue weighted by Gasteiger charge is 2.50. The van der Waals surface area contributed by atoms with Gasteiger partial charge in [-0.3, -0.25) is 9.69 Å². The molecule has 0 aliphatic carbocycles. The monoisotopic (exact) mass is 500 g/mol. The second kappa shape index (κ2) is 9.06. The first-order valence-corrected chi connectivity index (χ1v) is 12.2. The van der Waals surface area contributed by atoms with E-state index < -0.39 is 33.3 Å². The summed E-state index contributed by atoms with van der Waals surface area (Å²) in [5, 5.41) is 0. The van der Waals surface area contributed by atoms with Gasteiger partial charge in [0.25, 0.3) is 5.91 Å². The normalized spacial score (nSPS) is 18.0. The number of amides is 1. The van der Waals surface area contributed by atoms with Crippen molar-refractivity contribution in [2.45, 2.75) is 18.9 Å². The van der Waals surface area contributed by atoms with Crippen LogP contribution in [-0.2, 0) is 20.5 Å². The third-order valence-electron chi connectivity index (χ3n) is 5.60. The van der Waals surface area contributed by atoms with E-state index in [0.717, 1.165) is 11.0 Å². The van der Waals surface area contributed by atoms with Crippen molar-refractivity contribution >= 4 is 22.0 Å². The van der Waals surface area contributed by atoms with E-state index in [4.69, 9.17) is 9.92 Å². The molecule has 2 heterocycles. The number of nitrogens with two attached hydrogens (primary N) is 1. The van der Waals surface area contributed by atoms with Crippen LogP contribution in [-0.4, -0.2) is 43.0 Å². The maximum absolute atomic E-state index is 14.8. The Bertz CT molecular complexity index is 1440. The van der Waals surface area contributed by atoms with Gasteiger partial charge in [-0.15, -0.1) is 0 Å². The molecule has 1 amide bonds. The van der Waals surface area contributed by atoms with Crippen molar-refractivity contribution in [2.75, 3.05) is 12.8 Å². The standard InChI is InChI=1S/C24H22F2N4O4S/c1-3-12-35(32,33)34-17-7-4-6-15(13-17)24(22(31)30(2)23(27)29-24)16-9-10-20(25)19(14-16)18-8-5-11-28-21(18)26/h4-11,13-14H,3,12H2,1-2H3,(H2,27,29). The van der Waals surface area contributed by atoms with Crippen LogP contribution in [0.5, 0.6) is 5.75 Å². The van der Waals surface area contributed by atoms with Crippen molar-refractivity contribution in [1.29, 1.82) is 0 Å². The van der Waals surface area contributed by atoms with Gasteiger partial charge >= 0.3 is 10.1 Å². The van der Waals surface area contributed by atoms with Crippen LogP contribution in [0.3, 0.4) is 0 Å². The van der Waals surface area contributed by atoms with Crippen molar-refractivity contribution in [3.8, 4) is 16.9 Å². The minimum Gasteiger partial charge on any atom is -0.382 e. The third-order valence-corrected chi connectivity index (χ3v) is 6.96. The van der Waals surface area contributed by atoms with E-state index in [1.54, 1.807) is 13.0 Å². The fourth-order valence-electron chi connectivity index (χ4n) is 3.94. The molecule has 0 saturated carbocycles. The van der Waals surface area contributed by atoms with E-state index in [9.17, 15) is 22.0 Å². The first kappa shape index (κ1) is 24.3. The van der Waals surface area contributed by atoms with Crippen molar-refractivity contribution in [1.82, 2.24) is 9.88 Å². The Labute approximate surface area is 201 Å². The predicted octanol–water partition coefficient (Wildman–Crippen LogP) is 3.18. The minimum absolute atomic E-state index is 0.0212. The largest absolute Gasteiger partial charge is 0.382 e. The molecular formula is C24H22F2N4O4S. The van der Waals surface area contributed by atoms with Gasteiger partial charge in [0.05, 0.1) is 5.75 Å². The lowest BCUT2D eigenvalue weighted by Crippen LogP contribution is -2.41. The molecule has 3 aromatic rings. The van der Waals surface area contributed by atoms with E-state index in [1.807, 2.05) is 0 Å². The minimum atomic E-state index is -3.85. The predicted molar refractivity (Wildman–Crippen MR) is 126 cm³/mol. The van der Waals surface area contributed by atoms with Crippen molar-refractivity contribution in [2.24, 2.45) is 10.7 Å². The van der Waals surface area contributed by atoms with Crippen LogP contribution in [0.15, 0.2) is 65.8 Å². The molecule has 11 heteroatoms. The number of pyridine rings is 1. The number of carbonyl (C=O) groups is 1. The third kappa shape index (κ3) is 4.34. The van der Waals surface area contributed by atoms with Gasteiger partial charge in [-0.1, -0.05) is 25.1 Å². The molecule has 8 nitrogen and oxygen atoms in total. The lowest BCUT2D eigenvalue weighted by atomic mass is 9.81. The summed E-state index contributed by atoms with van der Waals surface area (Å²) >= 11 is 0. The van der Waals surface area contributed by atoms with Crippen molar-refractivity contribution in [3.05, 3.63) is 83.7 Å². The smallest absolute Gasteiger partial charge is 0.309 e. The van der Waals surface area contributed by atoms with Gasteiger partial charge in [-0.2, -0.15) is 12.8 Å². The molecule has 35 heavy (non-hydrogen) atoms. The van der Waals surface area contributed by atoms with E-state index >= 15 is 0 Å². The number of carbonyl (C=O) groups excluding carboxylic acids is 1. The Hall–Kier alpha value is -3.86. The number of hydrogen-bond acceptors (Lipinski definition) is 7. The van der Waals surface area contributed by atoms with Crippen LogP contribution in [0.25, 0.3) is 11.1 Å². The van der Waals surface area contributed by atoms with E-state index in [-0.39, 0.29) is 39.7 Å². The zero-order valence-corrected chi connectivity index (χ0v) is 19.7. The summed E-state index contributed by atoms with van der Waals surface area (Å²) in [5.41, 5.74) is 4.42. The van der Waals surface area contributed by atoms with Crippen LogP contribution in [0.2, 0.25) is 0 Å². The molecule has 1 unspecified atom stereocenters. The highest BCUT2D eigenvalue weighted by atomic mass is 32.2. The summed E-state index contributed by atoms with van der Waals surface area (Å²) < 4.78 is 58.7. The van der Waals surface area contributed by atoms with Gasteiger partial charge in [-0.05, 0) is 53.9 Å². The molecule has 0 saturated heterocycles. The van der Waals surface area contributed by atoms with Gasteiger partial charge in [0, 0.05) is 24.4 Å². The summed E-state index contributed by atoms with van der Waals surface area (Å²) in [6.45, 7) is 1.70. The molecule has 1 aromatic heterocycles. The van der Waals surface area contributed by atoms with Crippen LogP contribution in [0.1, 0.15) is 24.5 Å². The quantitative estimate of drug-likeness (QED) is 0.394. The Morgan fingerprint density at radius 3 is 2.46 bits per heavy atom. The lowest BCUT2D eigenvalue weighted by molar-refractivity contribution is -0.129. The Balaban J connectivity index is 1.92. The number of likely N-dealkylation sites (N-methyl/N-ethyl adjacent to an activating group) is 1. The summed E-state index contributed by atoms with van der Waals surface area (Å²) in [5.74, 6) is -2.48. The molecule has 0 radical (unpaired) electrons. The van der Waals surface area contributed by atoms with Crippen molar-refractivity contribution in [3.63, 3.8) is 0 Å². The first-order valence-electron chi connectivity index (χ1n) is 10.7. The maximum Gasteiger partial charge on any atom is 0.309 e. The molecule has 0 fully saturated rings. The van der Waals surface area contributed by atoms with Crippen LogP contribution in [0.4, 0.5) is 8.78 Å². The van der Waals surface area contributed by atoms with E-state index in [1.165, 1.54) is 55.7 Å². The SMILES string of the molecule is CCCS(=O)(=O)Oc1cccc(C2(c3ccc(F)c(-c4cccnc4F)c3)N=C(N)N(C)C2=O)c1. The van der Waals surface area contributed by atoms with Crippen LogP contribution >= 0.6 is 0 Å². The zero-order chi connectivity index (χ0) is 25.4. The number of guanidine groups is 1. The number of hydrogen-bond donors (Lipinski definition) is 1. The average molecular weight is 501 g/mol. The van der Waals surface area contributed by atoms with Crippen LogP contribution < -0.4 is 9.92 Å². The van der Waals surface area contributed by atoms with E-state index in [0.29, 0.717) is 6.42 Å². The number of nitrogens with zero attached hydrogens (tertiary/aromatic N) is 3. The molecule has 1 atom stereocenters. The molecule has 1 aliphatic rings. The summed E-state index contributed by atoms with van der Waals surface area (Å²) in [6, 6.07) is 12.5. The Morgan fingerprint density at radius 1 is 1.06 bits per heavy atom. The molecule has 1 aliphatic heterocycles. The lowest BCUT2D eigenvalue weighted by Gasteiger charge is -2.27. The van der Waals surface area contributed by atoms with Gasteiger partial charge < -0.3 is 9.92 Å². The Kier molecular flexibility index (Phi) is 6.28. The number of halogens is 2. The molecule has 2 N–H and O–H groups in total. The summed E-state index contributed by atoms with van der Waals surface area (Å²) in [7, 11) is -2.42. The van der Waals surface area contributed by atoms with Gasteiger partial charge in [0.2, 0.25) is 5.95 Å². The average Bonchev–Trinajstić information content (AvgIpc) is 3.04. The van der Waals surface area contributed by atoms with E-state index in [2.05, 4.69) is 9.98 Å². The van der Waals surface area contributed by atoms with Gasteiger partial charge in [0.1, 0.15) is 11.6 Å².